The van der Waals surface area contributed by atoms with Crippen LogP contribution in [0.15, 0.2) is 48.7 Å². The molecule has 24 heavy (non-hydrogen) atoms. The van der Waals surface area contributed by atoms with E-state index in [0.29, 0.717) is 22.7 Å². The number of ether oxygens (including phenoxy) is 2. The molecule has 0 radical (unpaired) electrons. The van der Waals surface area contributed by atoms with Gasteiger partial charge in [0.25, 0.3) is 5.91 Å². The van der Waals surface area contributed by atoms with Crippen LogP contribution in [-0.4, -0.2) is 24.7 Å². The predicted octanol–water partition coefficient (Wildman–Crippen LogP) is 3.93. The maximum atomic E-state index is 12.7. The lowest BCUT2D eigenvalue weighted by Gasteiger charge is -2.10. The van der Waals surface area contributed by atoms with Crippen LogP contribution < -0.4 is 14.8 Å². The zero-order valence-corrected chi connectivity index (χ0v) is 14.0. The summed E-state index contributed by atoms with van der Waals surface area (Å²) in [7, 11) is 3.15. The molecule has 0 atom stereocenters. The number of hydrogen-bond donors (Lipinski definition) is 1. The topological polar surface area (TPSA) is 52.5 Å². The SMILES string of the molecule is CCn1cc(C(=O)Nc2ccc(OC)c(OC)c2)c2ccccc21. The highest BCUT2D eigenvalue weighted by atomic mass is 16.5. The monoisotopic (exact) mass is 324 g/mol. The van der Waals surface area contributed by atoms with Gasteiger partial charge in [0.15, 0.2) is 11.5 Å². The number of benzene rings is 2. The Labute approximate surface area is 140 Å². The first-order valence-electron chi connectivity index (χ1n) is 7.79. The first kappa shape index (κ1) is 15.9. The Bertz CT molecular complexity index is 883. The molecule has 0 saturated heterocycles. The van der Waals surface area contributed by atoms with Crippen LogP contribution in [0.3, 0.4) is 0 Å². The van der Waals surface area contributed by atoms with Crippen molar-refractivity contribution in [2.45, 2.75) is 13.5 Å². The van der Waals surface area contributed by atoms with Gasteiger partial charge in [0.2, 0.25) is 0 Å². The van der Waals surface area contributed by atoms with E-state index in [-0.39, 0.29) is 5.91 Å². The summed E-state index contributed by atoms with van der Waals surface area (Å²) in [6.45, 7) is 2.87. The number of aryl methyl sites for hydroxylation is 1. The minimum Gasteiger partial charge on any atom is -0.493 e. The molecule has 0 aliphatic rings. The number of para-hydroxylation sites is 1. The number of carbonyl (C=O) groups is 1. The molecule has 1 heterocycles. The number of amides is 1. The number of rotatable bonds is 5. The number of methoxy groups -OCH3 is 2. The molecule has 0 fully saturated rings. The van der Waals surface area contributed by atoms with E-state index in [0.717, 1.165) is 17.4 Å². The molecule has 3 aromatic rings. The van der Waals surface area contributed by atoms with E-state index in [1.807, 2.05) is 30.5 Å². The lowest BCUT2D eigenvalue weighted by molar-refractivity contribution is 0.102. The van der Waals surface area contributed by atoms with Crippen LogP contribution >= 0.6 is 0 Å². The molecule has 5 nitrogen and oxygen atoms in total. The third kappa shape index (κ3) is 2.80. The van der Waals surface area contributed by atoms with Crippen molar-refractivity contribution in [3.63, 3.8) is 0 Å². The second kappa shape index (κ2) is 6.66. The first-order chi connectivity index (χ1) is 11.7. The Kier molecular flexibility index (Phi) is 4.42. The van der Waals surface area contributed by atoms with Crippen molar-refractivity contribution < 1.29 is 14.3 Å². The Hall–Kier alpha value is -2.95. The molecular formula is C19H20N2O3. The maximum Gasteiger partial charge on any atom is 0.257 e. The fourth-order valence-corrected chi connectivity index (χ4v) is 2.80. The van der Waals surface area contributed by atoms with Crippen molar-refractivity contribution in [1.82, 2.24) is 4.57 Å². The molecule has 0 aliphatic heterocycles. The molecule has 1 N–H and O–H groups in total. The lowest BCUT2D eigenvalue weighted by Crippen LogP contribution is -2.11. The number of anilines is 1. The van der Waals surface area contributed by atoms with Crippen LogP contribution in [0.2, 0.25) is 0 Å². The fraction of sp³-hybridized carbons (Fsp3) is 0.211. The average Bonchev–Trinajstić information content (AvgIpc) is 3.00. The predicted molar refractivity (Wildman–Crippen MR) is 95.1 cm³/mol. The average molecular weight is 324 g/mol. The summed E-state index contributed by atoms with van der Waals surface area (Å²) in [5.74, 6) is 1.05. The van der Waals surface area contributed by atoms with Crippen molar-refractivity contribution in [2.24, 2.45) is 0 Å². The summed E-state index contributed by atoms with van der Waals surface area (Å²) in [6, 6.07) is 13.2. The van der Waals surface area contributed by atoms with E-state index in [4.69, 9.17) is 9.47 Å². The Morgan fingerprint density at radius 3 is 2.54 bits per heavy atom. The minimum absolute atomic E-state index is 0.148. The van der Waals surface area contributed by atoms with Crippen molar-refractivity contribution in [3.05, 3.63) is 54.2 Å². The second-order valence-corrected chi connectivity index (χ2v) is 5.37. The molecule has 5 heteroatoms. The van der Waals surface area contributed by atoms with Gasteiger partial charge < -0.3 is 19.4 Å². The zero-order valence-electron chi connectivity index (χ0n) is 14.0. The summed E-state index contributed by atoms with van der Waals surface area (Å²) in [5, 5.41) is 3.87. The molecule has 2 aromatic carbocycles. The molecule has 1 amide bonds. The van der Waals surface area contributed by atoms with Crippen LogP contribution in [0.25, 0.3) is 10.9 Å². The second-order valence-electron chi connectivity index (χ2n) is 5.37. The maximum absolute atomic E-state index is 12.7. The summed E-state index contributed by atoms with van der Waals surface area (Å²) < 4.78 is 12.6. The highest BCUT2D eigenvalue weighted by Crippen LogP contribution is 2.30. The molecule has 0 aliphatic carbocycles. The number of carbonyl (C=O) groups excluding carboxylic acids is 1. The molecular weight excluding hydrogens is 304 g/mol. The molecule has 0 spiro atoms. The summed E-state index contributed by atoms with van der Waals surface area (Å²) in [6.07, 6.45) is 1.89. The normalized spacial score (nSPS) is 10.6. The van der Waals surface area contributed by atoms with Crippen LogP contribution in [0.4, 0.5) is 5.69 Å². The van der Waals surface area contributed by atoms with Crippen molar-refractivity contribution in [3.8, 4) is 11.5 Å². The van der Waals surface area contributed by atoms with Gasteiger partial charge >= 0.3 is 0 Å². The van der Waals surface area contributed by atoms with Crippen molar-refractivity contribution >= 4 is 22.5 Å². The van der Waals surface area contributed by atoms with Gasteiger partial charge in [-0.15, -0.1) is 0 Å². The van der Waals surface area contributed by atoms with Crippen molar-refractivity contribution in [2.75, 3.05) is 19.5 Å². The Morgan fingerprint density at radius 2 is 1.83 bits per heavy atom. The smallest absolute Gasteiger partial charge is 0.257 e. The molecule has 0 bridgehead atoms. The van der Waals surface area contributed by atoms with Crippen molar-refractivity contribution in [1.29, 1.82) is 0 Å². The lowest BCUT2D eigenvalue weighted by atomic mass is 10.1. The largest absolute Gasteiger partial charge is 0.493 e. The summed E-state index contributed by atoms with van der Waals surface area (Å²) in [5.41, 5.74) is 2.37. The molecule has 124 valence electrons. The van der Waals surface area contributed by atoms with Crippen LogP contribution in [-0.2, 0) is 6.54 Å². The van der Waals surface area contributed by atoms with Crippen LogP contribution in [0.1, 0.15) is 17.3 Å². The van der Waals surface area contributed by atoms with Gasteiger partial charge in [-0.2, -0.15) is 0 Å². The third-order valence-corrected chi connectivity index (χ3v) is 4.02. The van der Waals surface area contributed by atoms with Gasteiger partial charge in [0, 0.05) is 35.4 Å². The van der Waals surface area contributed by atoms with Gasteiger partial charge in [-0.3, -0.25) is 4.79 Å². The summed E-state index contributed by atoms with van der Waals surface area (Å²) in [4.78, 5) is 12.7. The Balaban J connectivity index is 1.93. The van der Waals surface area contributed by atoms with E-state index in [1.165, 1.54) is 0 Å². The highest BCUT2D eigenvalue weighted by Gasteiger charge is 2.15. The molecule has 1 aromatic heterocycles. The molecule has 3 rings (SSSR count). The van der Waals surface area contributed by atoms with E-state index >= 15 is 0 Å². The van der Waals surface area contributed by atoms with E-state index in [9.17, 15) is 4.79 Å². The van der Waals surface area contributed by atoms with Gasteiger partial charge in [-0.1, -0.05) is 18.2 Å². The quantitative estimate of drug-likeness (QED) is 0.773. The van der Waals surface area contributed by atoms with E-state index < -0.39 is 0 Å². The number of hydrogen-bond acceptors (Lipinski definition) is 3. The van der Waals surface area contributed by atoms with Gasteiger partial charge in [-0.05, 0) is 25.1 Å². The highest BCUT2D eigenvalue weighted by molar-refractivity contribution is 6.13. The van der Waals surface area contributed by atoms with E-state index in [2.05, 4.69) is 16.8 Å². The van der Waals surface area contributed by atoms with Gasteiger partial charge in [-0.25, -0.2) is 0 Å². The van der Waals surface area contributed by atoms with Gasteiger partial charge in [0.1, 0.15) is 0 Å². The molecule has 0 saturated carbocycles. The van der Waals surface area contributed by atoms with Crippen LogP contribution in [0, 0.1) is 0 Å². The number of nitrogens with zero attached hydrogens (tertiary/aromatic N) is 1. The first-order valence-corrected chi connectivity index (χ1v) is 7.79. The third-order valence-electron chi connectivity index (χ3n) is 4.02. The minimum atomic E-state index is -0.148. The number of aromatic nitrogens is 1. The Morgan fingerprint density at radius 1 is 1.08 bits per heavy atom. The molecule has 0 unspecified atom stereocenters. The van der Waals surface area contributed by atoms with Crippen LogP contribution in [0.5, 0.6) is 11.5 Å². The van der Waals surface area contributed by atoms with Gasteiger partial charge in [0.05, 0.1) is 19.8 Å². The zero-order chi connectivity index (χ0) is 17.1. The fourth-order valence-electron chi connectivity index (χ4n) is 2.80. The number of nitrogens with one attached hydrogen (secondary N) is 1. The standard InChI is InChI=1S/C19H20N2O3/c1-4-21-12-15(14-7-5-6-8-16(14)21)19(22)20-13-9-10-17(23-2)18(11-13)24-3/h5-12H,4H2,1-3H3,(H,20,22). The summed E-state index contributed by atoms with van der Waals surface area (Å²) >= 11 is 0. The van der Waals surface area contributed by atoms with E-state index in [1.54, 1.807) is 32.4 Å². The number of fused-ring (bicyclic) bond motifs is 1.